The number of rotatable bonds is 6. The highest BCUT2D eigenvalue weighted by molar-refractivity contribution is 5.91. The number of benzene rings is 1. The Hall–Kier alpha value is -2.14. The zero-order valence-corrected chi connectivity index (χ0v) is 9.93. The smallest absolute Gasteiger partial charge is 0.328 e. The molecule has 5 heteroatoms. The maximum atomic E-state index is 11.4. The average molecular weight is 248 g/mol. The van der Waals surface area contributed by atoms with Crippen molar-refractivity contribution < 1.29 is 14.7 Å². The Morgan fingerprint density at radius 3 is 2.50 bits per heavy atom. The fourth-order valence-electron chi connectivity index (χ4n) is 1.33. The first-order chi connectivity index (χ1) is 8.61. The second-order valence-corrected chi connectivity index (χ2v) is 3.73. The van der Waals surface area contributed by atoms with Crippen LogP contribution in [0.5, 0.6) is 0 Å². The second kappa shape index (κ2) is 7.24. The van der Waals surface area contributed by atoms with Gasteiger partial charge in [-0.05, 0) is 36.7 Å². The van der Waals surface area contributed by atoms with Gasteiger partial charge in [0.25, 0.3) is 0 Å². The van der Waals surface area contributed by atoms with Gasteiger partial charge >= 0.3 is 5.97 Å². The fraction of sp³-hybridized carbons (Fsp3) is 0.231. The summed E-state index contributed by atoms with van der Waals surface area (Å²) in [4.78, 5) is 21.7. The quantitative estimate of drug-likeness (QED) is 0.664. The van der Waals surface area contributed by atoms with Gasteiger partial charge in [-0.25, -0.2) is 4.79 Å². The van der Waals surface area contributed by atoms with Crippen molar-refractivity contribution in [2.45, 2.75) is 12.8 Å². The van der Waals surface area contributed by atoms with E-state index in [-0.39, 0.29) is 5.91 Å². The number of hydrogen-bond donors (Lipinski definition) is 3. The second-order valence-electron chi connectivity index (χ2n) is 3.73. The van der Waals surface area contributed by atoms with Crippen molar-refractivity contribution in [3.63, 3.8) is 0 Å². The van der Waals surface area contributed by atoms with E-state index in [0.717, 1.165) is 11.6 Å². The van der Waals surface area contributed by atoms with Gasteiger partial charge in [-0.2, -0.15) is 0 Å². The van der Waals surface area contributed by atoms with Gasteiger partial charge in [-0.1, -0.05) is 12.1 Å². The molecular formula is C13H16N2O3. The van der Waals surface area contributed by atoms with Gasteiger partial charge in [0, 0.05) is 18.2 Å². The maximum Gasteiger partial charge on any atom is 0.328 e. The van der Waals surface area contributed by atoms with Crippen molar-refractivity contribution in [1.29, 1.82) is 0 Å². The van der Waals surface area contributed by atoms with Gasteiger partial charge < -0.3 is 16.2 Å². The first kappa shape index (κ1) is 13.9. The molecule has 0 aliphatic carbocycles. The van der Waals surface area contributed by atoms with Crippen LogP contribution in [0, 0.1) is 0 Å². The average Bonchev–Trinajstić information content (AvgIpc) is 2.35. The first-order valence-corrected chi connectivity index (χ1v) is 5.63. The lowest BCUT2D eigenvalue weighted by Crippen LogP contribution is -2.13. The van der Waals surface area contributed by atoms with E-state index in [9.17, 15) is 9.59 Å². The third-order valence-electron chi connectivity index (χ3n) is 2.22. The molecule has 0 fully saturated rings. The summed E-state index contributed by atoms with van der Waals surface area (Å²) in [6.07, 6.45) is 3.61. The molecule has 1 aromatic carbocycles. The van der Waals surface area contributed by atoms with E-state index in [2.05, 4.69) is 5.32 Å². The van der Waals surface area contributed by atoms with E-state index in [4.69, 9.17) is 10.8 Å². The molecule has 4 N–H and O–H groups in total. The Kier molecular flexibility index (Phi) is 5.60. The summed E-state index contributed by atoms with van der Waals surface area (Å²) in [5, 5.41) is 11.2. The van der Waals surface area contributed by atoms with Gasteiger partial charge in [0.1, 0.15) is 0 Å². The third kappa shape index (κ3) is 5.27. The van der Waals surface area contributed by atoms with Crippen LogP contribution in [0.25, 0.3) is 6.08 Å². The van der Waals surface area contributed by atoms with Crippen molar-refractivity contribution in [3.05, 3.63) is 35.9 Å². The summed E-state index contributed by atoms with van der Waals surface area (Å²) in [6, 6.07) is 6.92. The van der Waals surface area contributed by atoms with Crippen LogP contribution in [0.2, 0.25) is 0 Å². The molecule has 0 aliphatic heterocycles. The SMILES string of the molecule is NCCCC(=O)Nc1ccc(/C=C/C(=O)O)cc1. The molecule has 96 valence electrons. The molecule has 0 heterocycles. The van der Waals surface area contributed by atoms with Crippen molar-refractivity contribution in [2.75, 3.05) is 11.9 Å². The van der Waals surface area contributed by atoms with E-state index < -0.39 is 5.97 Å². The fourth-order valence-corrected chi connectivity index (χ4v) is 1.33. The lowest BCUT2D eigenvalue weighted by Gasteiger charge is -2.04. The zero-order chi connectivity index (χ0) is 13.4. The number of nitrogens with one attached hydrogen (secondary N) is 1. The molecule has 1 rings (SSSR count). The van der Waals surface area contributed by atoms with Crippen LogP contribution >= 0.6 is 0 Å². The Morgan fingerprint density at radius 1 is 1.28 bits per heavy atom. The lowest BCUT2D eigenvalue weighted by molar-refractivity contribution is -0.131. The van der Waals surface area contributed by atoms with Crippen LogP contribution in [-0.2, 0) is 9.59 Å². The van der Waals surface area contributed by atoms with E-state index >= 15 is 0 Å². The summed E-state index contributed by atoms with van der Waals surface area (Å²) in [7, 11) is 0. The monoisotopic (exact) mass is 248 g/mol. The molecule has 5 nitrogen and oxygen atoms in total. The Labute approximate surface area is 105 Å². The maximum absolute atomic E-state index is 11.4. The van der Waals surface area contributed by atoms with Crippen LogP contribution in [0.15, 0.2) is 30.3 Å². The summed E-state index contributed by atoms with van der Waals surface area (Å²) < 4.78 is 0. The van der Waals surface area contributed by atoms with E-state index in [1.54, 1.807) is 24.3 Å². The van der Waals surface area contributed by atoms with Crippen molar-refractivity contribution in [2.24, 2.45) is 5.73 Å². The minimum absolute atomic E-state index is 0.0747. The van der Waals surface area contributed by atoms with Crippen molar-refractivity contribution in [1.82, 2.24) is 0 Å². The largest absolute Gasteiger partial charge is 0.478 e. The number of carboxylic acid groups (broad SMARTS) is 1. The number of carbonyl (C=O) groups excluding carboxylic acids is 1. The molecular weight excluding hydrogens is 232 g/mol. The van der Waals surface area contributed by atoms with Gasteiger partial charge in [0.2, 0.25) is 5.91 Å². The number of amides is 1. The van der Waals surface area contributed by atoms with E-state index in [0.29, 0.717) is 25.1 Å². The molecule has 1 amide bonds. The Balaban J connectivity index is 2.55. The normalized spacial score (nSPS) is 10.5. The van der Waals surface area contributed by atoms with Gasteiger partial charge in [-0.3, -0.25) is 4.79 Å². The molecule has 0 atom stereocenters. The predicted octanol–water partition coefficient (Wildman–Crippen LogP) is 1.46. The van der Waals surface area contributed by atoms with Crippen molar-refractivity contribution >= 4 is 23.6 Å². The first-order valence-electron chi connectivity index (χ1n) is 5.63. The topological polar surface area (TPSA) is 92.4 Å². The predicted molar refractivity (Wildman–Crippen MR) is 70.0 cm³/mol. The summed E-state index contributed by atoms with van der Waals surface area (Å²) in [6.45, 7) is 0.492. The van der Waals surface area contributed by atoms with Crippen LogP contribution in [0.1, 0.15) is 18.4 Å². The van der Waals surface area contributed by atoms with Crippen LogP contribution in [-0.4, -0.2) is 23.5 Å². The zero-order valence-electron chi connectivity index (χ0n) is 9.93. The highest BCUT2D eigenvalue weighted by atomic mass is 16.4. The van der Waals surface area contributed by atoms with Crippen LogP contribution in [0.4, 0.5) is 5.69 Å². The molecule has 1 aromatic rings. The molecule has 0 spiro atoms. The number of nitrogens with two attached hydrogens (primary N) is 1. The number of anilines is 1. The standard InChI is InChI=1S/C13H16N2O3/c14-9-1-2-12(16)15-11-6-3-10(4-7-11)5-8-13(17)18/h3-8H,1-2,9,14H2,(H,15,16)(H,17,18)/b8-5+. The molecule has 0 saturated carbocycles. The summed E-state index contributed by atoms with van der Waals surface area (Å²) in [5.74, 6) is -1.07. The van der Waals surface area contributed by atoms with Gasteiger partial charge in [-0.15, -0.1) is 0 Å². The highest BCUT2D eigenvalue weighted by Gasteiger charge is 2.01. The molecule has 0 radical (unpaired) electrons. The minimum atomic E-state index is -0.992. The Morgan fingerprint density at radius 2 is 1.94 bits per heavy atom. The van der Waals surface area contributed by atoms with E-state index in [1.807, 2.05) is 0 Å². The highest BCUT2D eigenvalue weighted by Crippen LogP contribution is 2.11. The molecule has 0 aromatic heterocycles. The summed E-state index contributed by atoms with van der Waals surface area (Å²) in [5.41, 5.74) is 6.76. The van der Waals surface area contributed by atoms with Crippen LogP contribution < -0.4 is 11.1 Å². The third-order valence-corrected chi connectivity index (χ3v) is 2.22. The van der Waals surface area contributed by atoms with E-state index in [1.165, 1.54) is 6.08 Å². The molecule has 0 aliphatic rings. The molecule has 0 saturated heterocycles. The summed E-state index contributed by atoms with van der Waals surface area (Å²) >= 11 is 0. The van der Waals surface area contributed by atoms with Gasteiger partial charge in [0.15, 0.2) is 0 Å². The number of hydrogen-bond acceptors (Lipinski definition) is 3. The van der Waals surface area contributed by atoms with Crippen molar-refractivity contribution in [3.8, 4) is 0 Å². The number of aliphatic carboxylic acids is 1. The number of carbonyl (C=O) groups is 2. The molecule has 18 heavy (non-hydrogen) atoms. The minimum Gasteiger partial charge on any atom is -0.478 e. The molecule has 0 unspecified atom stereocenters. The lowest BCUT2D eigenvalue weighted by atomic mass is 10.2. The molecule has 0 bridgehead atoms. The van der Waals surface area contributed by atoms with Crippen LogP contribution in [0.3, 0.4) is 0 Å². The number of carboxylic acids is 1. The van der Waals surface area contributed by atoms with Gasteiger partial charge in [0.05, 0.1) is 0 Å². The Bertz CT molecular complexity index is 438.